The number of ether oxygens (including phenoxy) is 1. The van der Waals surface area contributed by atoms with Gasteiger partial charge in [0.25, 0.3) is 0 Å². The highest BCUT2D eigenvalue weighted by atomic mass is 19.4. The van der Waals surface area contributed by atoms with E-state index in [-0.39, 0.29) is 11.5 Å². The third kappa shape index (κ3) is 6.55. The largest absolute Gasteiger partial charge is 0.453 e. The van der Waals surface area contributed by atoms with E-state index in [1.54, 1.807) is 0 Å². The molecule has 0 spiro atoms. The number of halogens is 3. The van der Waals surface area contributed by atoms with Crippen molar-refractivity contribution in [1.29, 1.82) is 0 Å². The average Bonchev–Trinajstić information content (AvgIpc) is 2.57. The van der Waals surface area contributed by atoms with Gasteiger partial charge in [0.1, 0.15) is 6.04 Å². The molecule has 0 aromatic heterocycles. The molecule has 0 saturated heterocycles. The van der Waals surface area contributed by atoms with Gasteiger partial charge < -0.3 is 20.5 Å². The minimum Gasteiger partial charge on any atom is -0.453 e. The van der Waals surface area contributed by atoms with Crippen LogP contribution >= 0.6 is 0 Å². The van der Waals surface area contributed by atoms with E-state index in [9.17, 15) is 27.9 Å². The number of benzene rings is 1. The predicted molar refractivity (Wildman–Crippen MR) is 88.2 cm³/mol. The maximum absolute atomic E-state index is 13.0. The first kappa shape index (κ1) is 21.8. The Bertz CT molecular complexity index is 620. The number of carbonyl (C=O) groups excluding carboxylic acids is 2. The smallest absolute Gasteiger partial charge is 0.416 e. The van der Waals surface area contributed by atoms with Crippen LogP contribution in [0, 0.1) is 5.92 Å². The molecular weight excluding hydrogens is 353 g/mol. The van der Waals surface area contributed by atoms with E-state index in [0.717, 1.165) is 19.2 Å². The van der Waals surface area contributed by atoms with Crippen LogP contribution in [0.25, 0.3) is 0 Å². The molecule has 0 saturated carbocycles. The molecule has 1 aromatic carbocycles. The summed E-state index contributed by atoms with van der Waals surface area (Å²) in [5, 5.41) is 14.8. The van der Waals surface area contributed by atoms with E-state index in [2.05, 4.69) is 15.4 Å². The molecule has 26 heavy (non-hydrogen) atoms. The summed E-state index contributed by atoms with van der Waals surface area (Å²) < 4.78 is 43.5. The molecule has 1 aromatic rings. The second kappa shape index (κ2) is 9.42. The number of carbonyl (C=O) groups is 2. The van der Waals surface area contributed by atoms with Crippen molar-refractivity contribution in [2.24, 2.45) is 5.92 Å². The summed E-state index contributed by atoms with van der Waals surface area (Å²) in [6.07, 6.45) is -6.66. The topological polar surface area (TPSA) is 87.7 Å². The zero-order chi connectivity index (χ0) is 19.9. The Hall–Kier alpha value is -2.29. The van der Waals surface area contributed by atoms with Gasteiger partial charge in [0.05, 0.1) is 18.8 Å². The van der Waals surface area contributed by atoms with E-state index in [1.165, 1.54) is 12.1 Å². The number of hydrogen-bond acceptors (Lipinski definition) is 4. The van der Waals surface area contributed by atoms with Crippen molar-refractivity contribution in [3.8, 4) is 0 Å². The maximum atomic E-state index is 13.0. The quantitative estimate of drug-likeness (QED) is 0.683. The molecule has 0 aliphatic rings. The number of alkyl halides is 3. The lowest BCUT2D eigenvalue weighted by molar-refractivity contribution is -0.139. The van der Waals surface area contributed by atoms with Crippen LogP contribution in [0.3, 0.4) is 0 Å². The molecule has 9 heteroatoms. The SMILES string of the molecule is COC(=O)NC(CC(C)C)C(=O)NCC(O)c1ccccc1C(F)(F)F. The molecule has 0 radical (unpaired) electrons. The van der Waals surface area contributed by atoms with Gasteiger partial charge in [-0.1, -0.05) is 32.0 Å². The zero-order valence-corrected chi connectivity index (χ0v) is 14.8. The summed E-state index contributed by atoms with van der Waals surface area (Å²) in [5.41, 5.74) is -1.30. The summed E-state index contributed by atoms with van der Waals surface area (Å²) in [7, 11) is 1.15. The van der Waals surface area contributed by atoms with Gasteiger partial charge in [-0.2, -0.15) is 13.2 Å². The zero-order valence-electron chi connectivity index (χ0n) is 14.8. The molecule has 1 rings (SSSR count). The number of hydrogen-bond donors (Lipinski definition) is 3. The van der Waals surface area contributed by atoms with Crippen LogP contribution in [-0.4, -0.2) is 36.8 Å². The minimum absolute atomic E-state index is 0.0683. The van der Waals surface area contributed by atoms with Crippen molar-refractivity contribution in [3.63, 3.8) is 0 Å². The Morgan fingerprint density at radius 1 is 1.23 bits per heavy atom. The van der Waals surface area contributed by atoms with Crippen molar-refractivity contribution in [1.82, 2.24) is 10.6 Å². The summed E-state index contributed by atoms with van der Waals surface area (Å²) in [6, 6.07) is 3.68. The van der Waals surface area contributed by atoms with Crippen LogP contribution in [0.5, 0.6) is 0 Å². The van der Waals surface area contributed by atoms with Gasteiger partial charge in [-0.3, -0.25) is 4.79 Å². The number of methoxy groups -OCH3 is 1. The van der Waals surface area contributed by atoms with E-state index in [4.69, 9.17) is 0 Å². The second-order valence-corrected chi connectivity index (χ2v) is 6.16. The van der Waals surface area contributed by atoms with Gasteiger partial charge in [-0.15, -0.1) is 0 Å². The molecule has 2 atom stereocenters. The molecule has 2 unspecified atom stereocenters. The maximum Gasteiger partial charge on any atom is 0.416 e. The summed E-state index contributed by atoms with van der Waals surface area (Å²) in [6.45, 7) is 3.25. The van der Waals surface area contributed by atoms with Gasteiger partial charge in [0.2, 0.25) is 5.91 Å². The summed E-state index contributed by atoms with van der Waals surface area (Å²) in [4.78, 5) is 23.6. The van der Waals surface area contributed by atoms with Gasteiger partial charge in [0.15, 0.2) is 0 Å². The fourth-order valence-corrected chi connectivity index (χ4v) is 2.38. The Morgan fingerprint density at radius 2 is 1.85 bits per heavy atom. The summed E-state index contributed by atoms with van der Waals surface area (Å²) in [5.74, 6) is -0.550. The third-order valence-corrected chi connectivity index (χ3v) is 3.60. The Morgan fingerprint density at radius 3 is 2.38 bits per heavy atom. The first-order chi connectivity index (χ1) is 12.1. The predicted octanol–water partition coefficient (Wildman–Crippen LogP) is 2.63. The fourth-order valence-electron chi connectivity index (χ4n) is 2.38. The Balaban J connectivity index is 2.80. The van der Waals surface area contributed by atoms with Gasteiger partial charge in [0, 0.05) is 6.54 Å². The molecule has 0 heterocycles. The van der Waals surface area contributed by atoms with E-state index < -0.39 is 42.4 Å². The number of rotatable bonds is 7. The van der Waals surface area contributed by atoms with Crippen LogP contribution in [-0.2, 0) is 15.7 Å². The van der Waals surface area contributed by atoms with Crippen LogP contribution in [0.1, 0.15) is 37.5 Å². The molecule has 3 N–H and O–H groups in total. The van der Waals surface area contributed by atoms with Crippen molar-refractivity contribution in [3.05, 3.63) is 35.4 Å². The number of aliphatic hydroxyl groups is 1. The van der Waals surface area contributed by atoms with Crippen molar-refractivity contribution < 1.29 is 32.6 Å². The van der Waals surface area contributed by atoms with Crippen molar-refractivity contribution in [2.45, 2.75) is 38.6 Å². The molecule has 0 aliphatic heterocycles. The molecule has 2 amide bonds. The number of nitrogens with one attached hydrogen (secondary N) is 2. The Labute approximate surface area is 149 Å². The van der Waals surface area contributed by atoms with Gasteiger partial charge in [-0.25, -0.2) is 4.79 Å². The van der Waals surface area contributed by atoms with Crippen molar-refractivity contribution >= 4 is 12.0 Å². The lowest BCUT2D eigenvalue weighted by atomic mass is 10.0. The average molecular weight is 376 g/mol. The van der Waals surface area contributed by atoms with E-state index in [0.29, 0.717) is 6.42 Å². The molecular formula is C17H23F3N2O4. The second-order valence-electron chi connectivity index (χ2n) is 6.16. The van der Waals surface area contributed by atoms with Crippen LogP contribution in [0.4, 0.5) is 18.0 Å². The highest BCUT2D eigenvalue weighted by Gasteiger charge is 2.34. The monoisotopic (exact) mass is 376 g/mol. The first-order valence-electron chi connectivity index (χ1n) is 8.02. The van der Waals surface area contributed by atoms with E-state index in [1.807, 2.05) is 13.8 Å². The lowest BCUT2D eigenvalue weighted by Gasteiger charge is -2.21. The number of aliphatic hydroxyl groups excluding tert-OH is 1. The fraction of sp³-hybridized carbons (Fsp3) is 0.529. The van der Waals surface area contributed by atoms with Gasteiger partial charge >= 0.3 is 12.3 Å². The van der Waals surface area contributed by atoms with Crippen LogP contribution in [0.2, 0.25) is 0 Å². The number of amides is 2. The number of alkyl carbamates (subject to hydrolysis) is 1. The third-order valence-electron chi connectivity index (χ3n) is 3.60. The molecule has 0 bridgehead atoms. The van der Waals surface area contributed by atoms with Crippen LogP contribution < -0.4 is 10.6 Å². The van der Waals surface area contributed by atoms with Gasteiger partial charge in [-0.05, 0) is 24.0 Å². The minimum atomic E-state index is -4.62. The molecule has 0 fully saturated rings. The molecule has 0 aliphatic carbocycles. The normalized spacial score (nSPS) is 13.8. The summed E-state index contributed by atoms with van der Waals surface area (Å²) >= 11 is 0. The van der Waals surface area contributed by atoms with Crippen LogP contribution in [0.15, 0.2) is 24.3 Å². The first-order valence-corrected chi connectivity index (χ1v) is 8.02. The molecule has 6 nitrogen and oxygen atoms in total. The highest BCUT2D eigenvalue weighted by Crippen LogP contribution is 2.34. The van der Waals surface area contributed by atoms with E-state index >= 15 is 0 Å². The highest BCUT2D eigenvalue weighted by molar-refractivity contribution is 5.85. The van der Waals surface area contributed by atoms with Crippen molar-refractivity contribution in [2.75, 3.05) is 13.7 Å². The standard InChI is InChI=1S/C17H23F3N2O4/c1-10(2)8-13(22-16(25)26-3)15(24)21-9-14(23)11-6-4-5-7-12(11)17(18,19)20/h4-7,10,13-14,23H,8-9H2,1-3H3,(H,21,24)(H,22,25). The Kier molecular flexibility index (Phi) is 7.88. The lowest BCUT2D eigenvalue weighted by Crippen LogP contribution is -2.48. The molecule has 146 valence electrons.